The van der Waals surface area contributed by atoms with E-state index in [1.165, 1.54) is 5.57 Å². The van der Waals surface area contributed by atoms with Gasteiger partial charge in [-0.05, 0) is 33.6 Å². The average Bonchev–Trinajstić information content (AvgIpc) is 2.21. The molecule has 0 heterocycles. The Morgan fingerprint density at radius 3 is 2.73 bits per heavy atom. The summed E-state index contributed by atoms with van der Waals surface area (Å²) < 4.78 is 0. The van der Waals surface area contributed by atoms with Gasteiger partial charge in [-0.3, -0.25) is 5.23 Å². The fraction of sp³-hybridized carbons (Fsp3) is 0.667. The number of hydrogen-bond acceptors (Lipinski definition) is 3. The van der Waals surface area contributed by atoms with Crippen LogP contribution in [-0.4, -0.2) is 16.9 Å². The van der Waals surface area contributed by atoms with Gasteiger partial charge in [0.05, 0.1) is 6.10 Å². The fourth-order valence-electron chi connectivity index (χ4n) is 1.18. The van der Waals surface area contributed by atoms with Crippen molar-refractivity contribution in [2.45, 2.75) is 52.2 Å². The highest BCUT2D eigenvalue weighted by atomic mass is 16.9. The largest absolute Gasteiger partial charge is 0.762 e. The molecule has 1 rings (SSSR count). The molecule has 0 aromatic heterocycles. The molecule has 3 heteroatoms. The van der Waals surface area contributed by atoms with Crippen LogP contribution in [0.3, 0.4) is 0 Å². The molecule has 0 aromatic carbocycles. The minimum atomic E-state index is -0.454. The number of hydrogen-bond donors (Lipinski definition) is 0. The van der Waals surface area contributed by atoms with Gasteiger partial charge in [0.1, 0.15) is 0 Å². The third-order valence-electron chi connectivity index (χ3n) is 2.84. The van der Waals surface area contributed by atoms with Crippen LogP contribution < -0.4 is 0 Å². The van der Waals surface area contributed by atoms with Crippen molar-refractivity contribution in [1.82, 2.24) is 5.23 Å². The van der Waals surface area contributed by atoms with E-state index in [0.29, 0.717) is 0 Å². The molecule has 15 heavy (non-hydrogen) atoms. The Labute approximate surface area is 91.9 Å². The number of hydroxylamine groups is 2. The molecule has 0 aromatic rings. The van der Waals surface area contributed by atoms with Crippen molar-refractivity contribution in [2.24, 2.45) is 0 Å². The Hall–Kier alpha value is -0.640. The molecule has 1 aliphatic carbocycles. The van der Waals surface area contributed by atoms with Gasteiger partial charge < -0.3 is 10.0 Å². The first-order chi connectivity index (χ1) is 6.95. The highest BCUT2D eigenvalue weighted by Crippen LogP contribution is 2.21. The first-order valence-electron chi connectivity index (χ1n) is 5.45. The zero-order valence-electron chi connectivity index (χ0n) is 9.99. The summed E-state index contributed by atoms with van der Waals surface area (Å²) in [7, 11) is 0. The van der Waals surface area contributed by atoms with E-state index >= 15 is 0 Å². The summed E-state index contributed by atoms with van der Waals surface area (Å²) in [6.45, 7) is 7.79. The van der Waals surface area contributed by atoms with E-state index in [1.807, 2.05) is 39.8 Å². The zero-order chi connectivity index (χ0) is 11.5. The first-order valence-corrected chi connectivity index (χ1v) is 5.45. The summed E-state index contributed by atoms with van der Waals surface area (Å²) in [5.74, 6) is 0. The van der Waals surface area contributed by atoms with Crippen molar-refractivity contribution in [1.29, 1.82) is 0 Å². The van der Waals surface area contributed by atoms with Gasteiger partial charge in [0.15, 0.2) is 0 Å². The van der Waals surface area contributed by atoms with Gasteiger partial charge >= 0.3 is 0 Å². The average molecular weight is 210 g/mol. The second-order valence-electron chi connectivity index (χ2n) is 4.61. The molecule has 0 saturated heterocycles. The second kappa shape index (κ2) is 4.92. The summed E-state index contributed by atoms with van der Waals surface area (Å²) in [5.41, 5.74) is 0.770. The molecule has 1 unspecified atom stereocenters. The topological polar surface area (TPSA) is 35.5 Å². The Kier molecular flexibility index (Phi) is 4.08. The Morgan fingerprint density at radius 2 is 2.27 bits per heavy atom. The molecular weight excluding hydrogens is 190 g/mol. The van der Waals surface area contributed by atoms with Gasteiger partial charge in [-0.1, -0.05) is 30.7 Å². The Bertz CT molecular complexity index is 269. The van der Waals surface area contributed by atoms with Gasteiger partial charge in [0.2, 0.25) is 0 Å². The van der Waals surface area contributed by atoms with Crippen LogP contribution in [-0.2, 0) is 4.84 Å². The molecule has 86 valence electrons. The van der Waals surface area contributed by atoms with Crippen LogP contribution in [0.4, 0.5) is 0 Å². The summed E-state index contributed by atoms with van der Waals surface area (Å²) in [5, 5.41) is 12.4. The molecule has 0 fully saturated rings. The molecule has 0 aliphatic heterocycles. The molecule has 0 amide bonds. The van der Waals surface area contributed by atoms with Gasteiger partial charge in [-0.25, -0.2) is 0 Å². The molecule has 0 bridgehead atoms. The molecule has 3 nitrogen and oxygen atoms in total. The third kappa shape index (κ3) is 3.45. The molecule has 0 radical (unpaired) electrons. The van der Waals surface area contributed by atoms with Crippen molar-refractivity contribution in [3.63, 3.8) is 0 Å². The van der Waals surface area contributed by atoms with Crippen molar-refractivity contribution in [2.75, 3.05) is 0 Å². The monoisotopic (exact) mass is 210 g/mol. The molecule has 0 saturated carbocycles. The van der Waals surface area contributed by atoms with E-state index in [4.69, 9.17) is 4.84 Å². The van der Waals surface area contributed by atoms with Crippen molar-refractivity contribution in [3.8, 4) is 0 Å². The second-order valence-corrected chi connectivity index (χ2v) is 4.61. The smallest absolute Gasteiger partial charge is 0.0999 e. The van der Waals surface area contributed by atoms with Gasteiger partial charge in [0.25, 0.3) is 0 Å². The Balaban J connectivity index is 2.47. The van der Waals surface area contributed by atoms with Gasteiger partial charge in [-0.15, -0.1) is 0 Å². The van der Waals surface area contributed by atoms with Crippen molar-refractivity contribution in [3.05, 3.63) is 29.0 Å². The van der Waals surface area contributed by atoms with Crippen LogP contribution in [0, 0.1) is 5.21 Å². The van der Waals surface area contributed by atoms with Crippen molar-refractivity contribution >= 4 is 0 Å². The van der Waals surface area contributed by atoms with Gasteiger partial charge in [-0.2, -0.15) is 0 Å². The van der Waals surface area contributed by atoms with Crippen LogP contribution in [0.2, 0.25) is 0 Å². The summed E-state index contributed by atoms with van der Waals surface area (Å²) in [4.78, 5) is 5.34. The van der Waals surface area contributed by atoms with E-state index < -0.39 is 5.54 Å². The standard InChI is InChI=1S/C12H20NO2/c1-5-12(3,4)13(14)15-11-8-6-10(2)7-9-11/h6-8,11H,5,9H2,1-4H3/q-1. The molecule has 1 aliphatic rings. The van der Waals surface area contributed by atoms with Crippen LogP contribution in [0.1, 0.15) is 40.5 Å². The van der Waals surface area contributed by atoms with E-state index in [2.05, 4.69) is 6.08 Å². The highest BCUT2D eigenvalue weighted by Gasteiger charge is 2.20. The Morgan fingerprint density at radius 1 is 1.60 bits per heavy atom. The van der Waals surface area contributed by atoms with E-state index in [1.54, 1.807) is 0 Å². The maximum Gasteiger partial charge on any atom is 0.0999 e. The number of rotatable bonds is 4. The molecular formula is C12H20NO2-. The normalized spacial score (nSPS) is 22.0. The minimum Gasteiger partial charge on any atom is -0.762 e. The summed E-state index contributed by atoms with van der Waals surface area (Å²) >= 11 is 0. The van der Waals surface area contributed by atoms with Crippen LogP contribution in [0.5, 0.6) is 0 Å². The van der Waals surface area contributed by atoms with Crippen LogP contribution >= 0.6 is 0 Å². The van der Waals surface area contributed by atoms with E-state index in [9.17, 15) is 5.21 Å². The quantitative estimate of drug-likeness (QED) is 0.668. The zero-order valence-corrected chi connectivity index (χ0v) is 9.99. The predicted octanol–water partition coefficient (Wildman–Crippen LogP) is 3.18. The van der Waals surface area contributed by atoms with Gasteiger partial charge in [0, 0.05) is 5.54 Å². The number of nitrogens with zero attached hydrogens (tertiary/aromatic N) is 1. The highest BCUT2D eigenvalue weighted by molar-refractivity contribution is 5.21. The lowest BCUT2D eigenvalue weighted by molar-refractivity contribution is -0.200. The first kappa shape index (κ1) is 12.4. The lowest BCUT2D eigenvalue weighted by atomic mass is 10.0. The van der Waals surface area contributed by atoms with Crippen molar-refractivity contribution < 1.29 is 4.84 Å². The SMILES string of the molecule is CCC(C)(C)N([O-])OC1C=CC(C)=CC1. The number of allylic oxidation sites excluding steroid dienone is 2. The minimum absolute atomic E-state index is 0.114. The third-order valence-corrected chi connectivity index (χ3v) is 2.84. The molecule has 1 atom stereocenters. The van der Waals surface area contributed by atoms with E-state index in [-0.39, 0.29) is 6.10 Å². The molecule has 0 N–H and O–H groups in total. The van der Waals surface area contributed by atoms with Crippen LogP contribution in [0.25, 0.3) is 0 Å². The maximum absolute atomic E-state index is 11.7. The lowest BCUT2D eigenvalue weighted by Crippen LogP contribution is -2.41. The lowest BCUT2D eigenvalue weighted by Gasteiger charge is -2.43. The van der Waals surface area contributed by atoms with Crippen LogP contribution in [0.15, 0.2) is 23.8 Å². The maximum atomic E-state index is 11.7. The predicted molar refractivity (Wildman–Crippen MR) is 62.0 cm³/mol. The summed E-state index contributed by atoms with van der Waals surface area (Å²) in [6.07, 6.45) is 7.43. The fourth-order valence-corrected chi connectivity index (χ4v) is 1.18. The molecule has 0 spiro atoms. The van der Waals surface area contributed by atoms with E-state index in [0.717, 1.165) is 18.1 Å². The summed E-state index contributed by atoms with van der Waals surface area (Å²) in [6, 6.07) is 0.